The third-order valence-electron chi connectivity index (χ3n) is 4.39. The number of aromatic nitrogens is 1. The summed E-state index contributed by atoms with van der Waals surface area (Å²) in [4.78, 5) is 31.1. The van der Waals surface area contributed by atoms with E-state index in [2.05, 4.69) is 15.6 Å². The van der Waals surface area contributed by atoms with Crippen molar-refractivity contribution in [3.63, 3.8) is 0 Å². The van der Waals surface area contributed by atoms with E-state index in [1.165, 1.54) is 0 Å². The minimum Gasteiger partial charge on any atom is -0.378 e. The number of hydrogen-bond donors (Lipinski definition) is 2. The second kappa shape index (κ2) is 9.01. The van der Waals surface area contributed by atoms with Gasteiger partial charge in [0.05, 0.1) is 0 Å². The minimum absolute atomic E-state index is 0.185. The van der Waals surface area contributed by atoms with Crippen LogP contribution < -0.4 is 15.5 Å². The highest BCUT2D eigenvalue weighted by Gasteiger charge is 2.13. The number of hydrogen-bond acceptors (Lipinski definition) is 4. The Kier molecular flexibility index (Phi) is 6.24. The molecular weight excluding hydrogens is 364 g/mol. The molecule has 2 N–H and O–H groups in total. The zero-order valence-corrected chi connectivity index (χ0v) is 16.8. The van der Waals surface area contributed by atoms with Gasteiger partial charge in [-0.05, 0) is 48.9 Å². The van der Waals surface area contributed by atoms with Crippen LogP contribution in [0.2, 0.25) is 0 Å². The molecule has 2 aromatic carbocycles. The number of nitrogens with one attached hydrogen (secondary N) is 2. The van der Waals surface area contributed by atoms with E-state index in [9.17, 15) is 9.59 Å². The first-order chi connectivity index (χ1) is 13.9. The molecule has 3 rings (SSSR count). The number of amides is 2. The van der Waals surface area contributed by atoms with Crippen LogP contribution >= 0.6 is 0 Å². The molecule has 3 aromatic rings. The Morgan fingerprint density at radius 3 is 2.21 bits per heavy atom. The quantitative estimate of drug-likeness (QED) is 0.676. The van der Waals surface area contributed by atoms with Gasteiger partial charge in [0, 0.05) is 32.0 Å². The molecule has 0 radical (unpaired) electrons. The third-order valence-corrected chi connectivity index (χ3v) is 4.39. The average molecular weight is 388 g/mol. The van der Waals surface area contributed by atoms with Crippen LogP contribution in [0.25, 0.3) is 0 Å². The van der Waals surface area contributed by atoms with Crippen LogP contribution in [0.15, 0.2) is 66.7 Å². The molecule has 6 nitrogen and oxygen atoms in total. The van der Waals surface area contributed by atoms with Gasteiger partial charge in [-0.1, -0.05) is 35.9 Å². The lowest BCUT2D eigenvalue weighted by Crippen LogP contribution is -2.25. The topological polar surface area (TPSA) is 74.3 Å². The van der Waals surface area contributed by atoms with Gasteiger partial charge in [0.15, 0.2) is 0 Å². The summed E-state index contributed by atoms with van der Waals surface area (Å²) in [6.07, 6.45) is 0. The number of anilines is 2. The average Bonchev–Trinajstić information content (AvgIpc) is 2.72. The lowest BCUT2D eigenvalue weighted by Gasteiger charge is -2.13. The molecule has 0 unspecified atom stereocenters. The van der Waals surface area contributed by atoms with Crippen LogP contribution in [0.4, 0.5) is 11.4 Å². The summed E-state index contributed by atoms with van der Waals surface area (Å²) in [5.41, 5.74) is 4.23. The first-order valence-electron chi connectivity index (χ1n) is 9.32. The third kappa shape index (κ3) is 5.42. The maximum absolute atomic E-state index is 12.5. The van der Waals surface area contributed by atoms with E-state index in [-0.39, 0.29) is 23.2 Å². The van der Waals surface area contributed by atoms with Gasteiger partial charge in [0.25, 0.3) is 11.8 Å². The number of rotatable bonds is 6. The van der Waals surface area contributed by atoms with Gasteiger partial charge in [0.2, 0.25) is 0 Å². The zero-order valence-electron chi connectivity index (χ0n) is 16.8. The van der Waals surface area contributed by atoms with Crippen molar-refractivity contribution >= 4 is 23.2 Å². The molecule has 6 heteroatoms. The summed E-state index contributed by atoms with van der Waals surface area (Å²) >= 11 is 0. The highest BCUT2D eigenvalue weighted by molar-refractivity contribution is 6.03. The first kappa shape index (κ1) is 20.1. The highest BCUT2D eigenvalue weighted by atomic mass is 16.2. The Hall–Kier alpha value is -3.67. The number of aryl methyl sites for hydroxylation is 1. The van der Waals surface area contributed by atoms with Gasteiger partial charge in [-0.3, -0.25) is 9.59 Å². The Morgan fingerprint density at radius 2 is 1.55 bits per heavy atom. The van der Waals surface area contributed by atoms with Gasteiger partial charge in [-0.2, -0.15) is 0 Å². The summed E-state index contributed by atoms with van der Waals surface area (Å²) < 4.78 is 0. The van der Waals surface area contributed by atoms with E-state index in [1.54, 1.807) is 18.2 Å². The van der Waals surface area contributed by atoms with Crippen LogP contribution in [0.5, 0.6) is 0 Å². The lowest BCUT2D eigenvalue weighted by molar-refractivity contribution is 0.0945. The normalized spacial score (nSPS) is 10.3. The number of benzene rings is 2. The molecule has 0 aliphatic carbocycles. The van der Waals surface area contributed by atoms with Crippen molar-refractivity contribution in [2.75, 3.05) is 24.3 Å². The summed E-state index contributed by atoms with van der Waals surface area (Å²) in [5.74, 6) is -0.688. The molecule has 2 amide bonds. The minimum atomic E-state index is -0.365. The van der Waals surface area contributed by atoms with Crippen molar-refractivity contribution in [3.05, 3.63) is 89.2 Å². The van der Waals surface area contributed by atoms with Crippen LogP contribution in [0.1, 0.15) is 32.1 Å². The number of carbonyl (C=O) groups excluding carboxylic acids is 2. The van der Waals surface area contributed by atoms with Gasteiger partial charge >= 0.3 is 0 Å². The molecule has 0 saturated carbocycles. The summed E-state index contributed by atoms with van der Waals surface area (Å²) in [6, 6.07) is 20.2. The van der Waals surface area contributed by atoms with Crippen molar-refractivity contribution in [3.8, 4) is 0 Å². The molecule has 0 spiro atoms. The van der Waals surface area contributed by atoms with Crippen LogP contribution in [-0.2, 0) is 6.54 Å². The fourth-order valence-corrected chi connectivity index (χ4v) is 2.82. The molecule has 0 aliphatic rings. The Morgan fingerprint density at radius 1 is 0.897 bits per heavy atom. The molecule has 1 heterocycles. The van der Waals surface area contributed by atoms with Gasteiger partial charge in [-0.15, -0.1) is 0 Å². The molecule has 1 aromatic heterocycles. The fourth-order valence-electron chi connectivity index (χ4n) is 2.82. The Labute approximate surface area is 170 Å². The smallest absolute Gasteiger partial charge is 0.274 e. The summed E-state index contributed by atoms with van der Waals surface area (Å²) in [6.45, 7) is 2.40. The number of pyridine rings is 1. The predicted molar refractivity (Wildman–Crippen MR) is 115 cm³/mol. The van der Waals surface area contributed by atoms with E-state index in [0.717, 1.165) is 16.8 Å². The summed E-state index contributed by atoms with van der Waals surface area (Å²) in [7, 11) is 3.90. The van der Waals surface area contributed by atoms with Crippen molar-refractivity contribution in [2.45, 2.75) is 13.5 Å². The molecule has 29 heavy (non-hydrogen) atoms. The second-order valence-corrected chi connectivity index (χ2v) is 6.98. The molecule has 0 fully saturated rings. The maximum atomic E-state index is 12.5. The van der Waals surface area contributed by atoms with E-state index in [0.29, 0.717) is 12.2 Å². The monoisotopic (exact) mass is 388 g/mol. The molecule has 0 saturated heterocycles. The van der Waals surface area contributed by atoms with Gasteiger partial charge in [-0.25, -0.2) is 4.98 Å². The zero-order chi connectivity index (χ0) is 20.8. The summed E-state index contributed by atoms with van der Waals surface area (Å²) in [5, 5.41) is 5.64. The number of carbonyl (C=O) groups is 2. The standard InChI is InChI=1S/C23H24N4O2/c1-16-6-4-7-17(14-16)15-24-22(28)20-8-5-9-21(26-20)23(29)25-18-10-12-19(13-11-18)27(2)3/h4-14H,15H2,1-3H3,(H,24,28)(H,25,29). The highest BCUT2D eigenvalue weighted by Crippen LogP contribution is 2.16. The molecule has 0 aliphatic heterocycles. The van der Waals surface area contributed by atoms with Gasteiger partial charge in [0.1, 0.15) is 11.4 Å². The Bertz CT molecular complexity index is 1010. The predicted octanol–water partition coefficient (Wildman–Crippen LogP) is 3.64. The number of nitrogens with zero attached hydrogens (tertiary/aromatic N) is 2. The van der Waals surface area contributed by atoms with Gasteiger partial charge < -0.3 is 15.5 Å². The van der Waals surface area contributed by atoms with Crippen LogP contribution in [0.3, 0.4) is 0 Å². The van der Waals surface area contributed by atoms with Crippen molar-refractivity contribution in [1.29, 1.82) is 0 Å². The molecular formula is C23H24N4O2. The van der Waals surface area contributed by atoms with Crippen molar-refractivity contribution in [1.82, 2.24) is 10.3 Å². The Balaban J connectivity index is 1.64. The first-order valence-corrected chi connectivity index (χ1v) is 9.32. The van der Waals surface area contributed by atoms with Crippen molar-refractivity contribution in [2.24, 2.45) is 0 Å². The molecule has 0 bridgehead atoms. The largest absolute Gasteiger partial charge is 0.378 e. The van der Waals surface area contributed by atoms with E-state index >= 15 is 0 Å². The molecule has 0 atom stereocenters. The fraction of sp³-hybridized carbons (Fsp3) is 0.174. The van der Waals surface area contributed by atoms with E-state index in [4.69, 9.17) is 0 Å². The second-order valence-electron chi connectivity index (χ2n) is 6.98. The van der Waals surface area contributed by atoms with Crippen LogP contribution in [-0.4, -0.2) is 30.9 Å². The van der Waals surface area contributed by atoms with E-state index in [1.807, 2.05) is 74.4 Å². The SMILES string of the molecule is Cc1cccc(CNC(=O)c2cccc(C(=O)Nc3ccc(N(C)C)cc3)n2)c1. The lowest BCUT2D eigenvalue weighted by atomic mass is 10.1. The van der Waals surface area contributed by atoms with Crippen LogP contribution in [0, 0.1) is 6.92 Å². The maximum Gasteiger partial charge on any atom is 0.274 e. The molecule has 148 valence electrons. The van der Waals surface area contributed by atoms with Crippen molar-refractivity contribution < 1.29 is 9.59 Å². The van der Waals surface area contributed by atoms with E-state index < -0.39 is 0 Å².